The maximum absolute atomic E-state index is 13.2. The molecule has 4 aliphatic carbocycles. The first-order chi connectivity index (χ1) is 16.5. The number of hydrogen-bond acceptors (Lipinski definition) is 6. The van der Waals surface area contributed by atoms with Crippen molar-refractivity contribution in [3.8, 4) is 6.07 Å². The van der Waals surface area contributed by atoms with Gasteiger partial charge in [0.25, 0.3) is 5.91 Å². The lowest BCUT2D eigenvalue weighted by atomic mass is 9.52. The third-order valence-electron chi connectivity index (χ3n) is 8.67. The highest BCUT2D eigenvalue weighted by Gasteiger charge is 2.55. The quantitative estimate of drug-likeness (QED) is 0.730. The number of nitrogens with zero attached hydrogens (tertiary/aromatic N) is 4. The Labute approximate surface area is 200 Å². The molecule has 176 valence electrons. The number of aromatic nitrogens is 2. The van der Waals surface area contributed by atoms with E-state index in [4.69, 9.17) is 4.98 Å². The molecule has 7 nitrogen and oxygen atoms in total. The molecule has 5 fully saturated rings. The number of amides is 1. The first-order valence-corrected chi connectivity index (χ1v) is 12.6. The Morgan fingerprint density at radius 3 is 2.59 bits per heavy atom. The summed E-state index contributed by atoms with van der Waals surface area (Å²) in [7, 11) is 0. The summed E-state index contributed by atoms with van der Waals surface area (Å²) in [6.07, 6.45) is 8.38. The highest BCUT2D eigenvalue weighted by molar-refractivity contribution is 5.93. The molecule has 4 bridgehead atoms. The van der Waals surface area contributed by atoms with Gasteiger partial charge in [-0.3, -0.25) is 9.78 Å². The van der Waals surface area contributed by atoms with Crippen molar-refractivity contribution in [1.82, 2.24) is 15.3 Å². The molecule has 34 heavy (non-hydrogen) atoms. The third kappa shape index (κ3) is 3.84. The van der Waals surface area contributed by atoms with Crippen LogP contribution in [0.1, 0.15) is 72.6 Å². The van der Waals surface area contributed by atoms with Crippen molar-refractivity contribution in [3.05, 3.63) is 53.5 Å². The summed E-state index contributed by atoms with van der Waals surface area (Å²) < 4.78 is 0. The van der Waals surface area contributed by atoms with Crippen molar-refractivity contribution in [1.29, 1.82) is 5.26 Å². The van der Waals surface area contributed by atoms with Crippen LogP contribution in [-0.2, 0) is 0 Å². The lowest BCUT2D eigenvalue weighted by Gasteiger charge is -2.58. The molecule has 0 radical (unpaired) electrons. The number of hydrogen-bond donors (Lipinski definition) is 2. The van der Waals surface area contributed by atoms with E-state index >= 15 is 0 Å². The second kappa shape index (κ2) is 8.35. The number of aliphatic hydroxyl groups is 1. The SMILES string of the molecule is N#Cc1cccnc1C1CCN(c2cccc(C(=O)N[C@H]3C4CC5CC3C[C@](O)(C5)C4)n2)CC1. The van der Waals surface area contributed by atoms with Gasteiger partial charge in [0.15, 0.2) is 0 Å². The standard InChI is InChI=1S/C27H31N5O2/c28-16-19-3-2-8-29-24(19)18-6-9-32(10-7-18)23-5-1-4-22(30-23)26(33)31-25-20-11-17-12-21(25)15-27(34,13-17)14-20/h1-5,8,17-18,20-21,25,34H,6-7,9-15H2,(H,31,33)/t17?,20?,21?,25-,27-. The largest absolute Gasteiger partial charge is 0.390 e. The number of carbonyl (C=O) groups excluding carboxylic acids is 1. The smallest absolute Gasteiger partial charge is 0.270 e. The fraction of sp³-hybridized carbons (Fsp3) is 0.556. The fourth-order valence-electron chi connectivity index (χ4n) is 7.39. The van der Waals surface area contributed by atoms with Crippen LogP contribution in [0.25, 0.3) is 0 Å². The van der Waals surface area contributed by atoms with Crippen molar-refractivity contribution >= 4 is 11.7 Å². The predicted octanol–water partition coefficient (Wildman–Crippen LogP) is 3.40. The number of anilines is 1. The summed E-state index contributed by atoms with van der Waals surface area (Å²) in [6, 6.07) is 11.7. The van der Waals surface area contributed by atoms with Gasteiger partial charge in [0.1, 0.15) is 17.6 Å². The minimum absolute atomic E-state index is 0.103. The van der Waals surface area contributed by atoms with E-state index in [2.05, 4.69) is 21.3 Å². The molecule has 0 spiro atoms. The Balaban J connectivity index is 1.11. The molecule has 7 rings (SSSR count). The summed E-state index contributed by atoms with van der Waals surface area (Å²) in [4.78, 5) is 24.6. The summed E-state index contributed by atoms with van der Waals surface area (Å²) >= 11 is 0. The van der Waals surface area contributed by atoms with Gasteiger partial charge in [0.2, 0.25) is 0 Å². The van der Waals surface area contributed by atoms with Crippen molar-refractivity contribution in [2.75, 3.05) is 18.0 Å². The van der Waals surface area contributed by atoms with Crippen LogP contribution in [0, 0.1) is 29.1 Å². The van der Waals surface area contributed by atoms with Crippen LogP contribution >= 0.6 is 0 Å². The molecular formula is C27H31N5O2. The van der Waals surface area contributed by atoms with Crippen LogP contribution in [0.4, 0.5) is 5.82 Å². The van der Waals surface area contributed by atoms with E-state index in [1.165, 1.54) is 0 Å². The van der Waals surface area contributed by atoms with Gasteiger partial charge in [0.05, 0.1) is 16.9 Å². The van der Waals surface area contributed by atoms with Gasteiger partial charge >= 0.3 is 0 Å². The highest BCUT2D eigenvalue weighted by Crippen LogP contribution is 2.55. The van der Waals surface area contributed by atoms with Gasteiger partial charge in [-0.1, -0.05) is 6.07 Å². The van der Waals surface area contributed by atoms with Gasteiger partial charge in [0, 0.05) is 31.2 Å². The van der Waals surface area contributed by atoms with Crippen LogP contribution in [0.3, 0.4) is 0 Å². The molecule has 0 aromatic carbocycles. The molecule has 4 saturated carbocycles. The molecule has 1 saturated heterocycles. The second-order valence-electron chi connectivity index (χ2n) is 10.9. The number of nitrogens with one attached hydrogen (secondary N) is 1. The Hall–Kier alpha value is -2.98. The molecule has 5 aliphatic rings. The molecule has 7 heteroatoms. The summed E-state index contributed by atoms with van der Waals surface area (Å²) in [5.74, 6) is 2.38. The van der Waals surface area contributed by atoms with Gasteiger partial charge in [-0.15, -0.1) is 0 Å². The van der Waals surface area contributed by atoms with E-state index in [0.717, 1.165) is 69.5 Å². The van der Waals surface area contributed by atoms with E-state index in [1.807, 2.05) is 24.3 Å². The van der Waals surface area contributed by atoms with Crippen LogP contribution < -0.4 is 10.2 Å². The molecule has 2 aromatic heterocycles. The number of carbonyl (C=O) groups is 1. The van der Waals surface area contributed by atoms with Gasteiger partial charge in [-0.05, 0) is 87.0 Å². The molecule has 3 heterocycles. The minimum Gasteiger partial charge on any atom is -0.390 e. The monoisotopic (exact) mass is 457 g/mol. The van der Waals surface area contributed by atoms with Gasteiger partial charge in [-0.25, -0.2) is 4.98 Å². The summed E-state index contributed by atoms with van der Waals surface area (Å²) in [5.41, 5.74) is 1.52. The lowest BCUT2D eigenvalue weighted by Crippen LogP contribution is -2.61. The minimum atomic E-state index is -0.495. The number of nitriles is 1. The zero-order valence-corrected chi connectivity index (χ0v) is 19.4. The number of piperidine rings is 1. The molecule has 1 aliphatic heterocycles. The molecule has 2 unspecified atom stereocenters. The van der Waals surface area contributed by atoms with Crippen molar-refractivity contribution in [2.45, 2.75) is 62.5 Å². The second-order valence-corrected chi connectivity index (χ2v) is 10.9. The predicted molar refractivity (Wildman–Crippen MR) is 127 cm³/mol. The summed E-state index contributed by atoms with van der Waals surface area (Å²) in [6.45, 7) is 1.63. The van der Waals surface area contributed by atoms with E-state index in [1.54, 1.807) is 12.3 Å². The van der Waals surface area contributed by atoms with E-state index < -0.39 is 5.60 Å². The molecule has 2 aromatic rings. The zero-order chi connectivity index (χ0) is 23.3. The maximum atomic E-state index is 13.2. The molecule has 2 atom stereocenters. The van der Waals surface area contributed by atoms with E-state index in [9.17, 15) is 15.2 Å². The van der Waals surface area contributed by atoms with Crippen LogP contribution in [0.5, 0.6) is 0 Å². The first-order valence-electron chi connectivity index (χ1n) is 12.6. The zero-order valence-electron chi connectivity index (χ0n) is 19.4. The van der Waals surface area contributed by atoms with Gasteiger partial charge in [-0.2, -0.15) is 5.26 Å². The van der Waals surface area contributed by atoms with Gasteiger partial charge < -0.3 is 15.3 Å². The third-order valence-corrected chi connectivity index (χ3v) is 8.67. The van der Waals surface area contributed by atoms with Crippen LogP contribution in [0.2, 0.25) is 0 Å². The molecular weight excluding hydrogens is 426 g/mol. The van der Waals surface area contributed by atoms with Crippen molar-refractivity contribution in [2.24, 2.45) is 17.8 Å². The van der Waals surface area contributed by atoms with E-state index in [0.29, 0.717) is 29.0 Å². The normalized spacial score (nSPS) is 32.4. The number of rotatable bonds is 4. The van der Waals surface area contributed by atoms with Crippen molar-refractivity contribution in [3.63, 3.8) is 0 Å². The summed E-state index contributed by atoms with van der Waals surface area (Å²) in [5, 5.41) is 23.5. The Morgan fingerprint density at radius 1 is 1.12 bits per heavy atom. The maximum Gasteiger partial charge on any atom is 0.270 e. The van der Waals surface area contributed by atoms with E-state index in [-0.39, 0.29) is 17.9 Å². The van der Waals surface area contributed by atoms with Crippen molar-refractivity contribution < 1.29 is 9.90 Å². The van der Waals surface area contributed by atoms with Crippen LogP contribution in [-0.4, -0.2) is 45.7 Å². The average Bonchev–Trinajstić information content (AvgIpc) is 2.85. The average molecular weight is 458 g/mol. The van der Waals surface area contributed by atoms with Crippen LogP contribution in [0.15, 0.2) is 36.5 Å². The topological polar surface area (TPSA) is 102 Å². The molecule has 2 N–H and O–H groups in total. The number of pyridine rings is 2. The lowest BCUT2D eigenvalue weighted by molar-refractivity contribution is -0.136. The Morgan fingerprint density at radius 2 is 1.88 bits per heavy atom. The highest BCUT2D eigenvalue weighted by atomic mass is 16.3. The Kier molecular flexibility index (Phi) is 5.29. The first kappa shape index (κ1) is 21.5. The Bertz CT molecular complexity index is 1120. The fourth-order valence-corrected chi connectivity index (χ4v) is 7.39. The molecule has 1 amide bonds.